The zero-order valence-electron chi connectivity index (χ0n) is 22.5. The quantitative estimate of drug-likeness (QED) is 0.234. The van der Waals surface area contributed by atoms with Crippen LogP contribution in [-0.2, 0) is 26.2 Å². The molecule has 40 heavy (non-hydrogen) atoms. The highest BCUT2D eigenvalue weighted by Gasteiger charge is 2.34. The molecule has 2 unspecified atom stereocenters. The Hall–Kier alpha value is -2.59. The molecule has 0 fully saturated rings. The third-order valence-electron chi connectivity index (χ3n) is 6.50. The van der Waals surface area contributed by atoms with Crippen LogP contribution in [0.3, 0.4) is 0 Å². The number of benzene rings is 3. The van der Waals surface area contributed by atoms with E-state index in [0.29, 0.717) is 34.1 Å². The van der Waals surface area contributed by atoms with Crippen LogP contribution < -0.4 is 9.62 Å². The number of carbonyl (C=O) groups is 2. The Morgan fingerprint density at radius 3 is 2.05 bits per heavy atom. The first-order chi connectivity index (χ1) is 19.0. The van der Waals surface area contributed by atoms with E-state index in [1.54, 1.807) is 67.6 Å². The molecule has 7 nitrogen and oxygen atoms in total. The smallest absolute Gasteiger partial charge is 0.264 e. The Morgan fingerprint density at radius 1 is 0.900 bits per heavy atom. The van der Waals surface area contributed by atoms with Gasteiger partial charge in [-0.25, -0.2) is 8.42 Å². The molecule has 2 amide bonds. The highest BCUT2D eigenvalue weighted by Crippen LogP contribution is 2.29. The molecule has 0 heterocycles. The maximum Gasteiger partial charge on any atom is 0.264 e. The molecule has 0 aliphatic rings. The summed E-state index contributed by atoms with van der Waals surface area (Å²) >= 11 is 16.3. The summed E-state index contributed by atoms with van der Waals surface area (Å²) in [6.45, 7) is 4.99. The van der Waals surface area contributed by atoms with Crippen LogP contribution >= 0.6 is 39.1 Å². The van der Waals surface area contributed by atoms with Crippen LogP contribution in [0.25, 0.3) is 0 Å². The van der Waals surface area contributed by atoms with Crippen LogP contribution in [0.1, 0.15) is 39.2 Å². The van der Waals surface area contributed by atoms with Gasteiger partial charge in [-0.05, 0) is 68.3 Å². The third kappa shape index (κ3) is 7.78. The molecule has 0 aliphatic carbocycles. The highest BCUT2D eigenvalue weighted by atomic mass is 79.9. The summed E-state index contributed by atoms with van der Waals surface area (Å²) in [6.07, 6.45) is 0.999. The van der Waals surface area contributed by atoms with Crippen LogP contribution in [0.2, 0.25) is 10.0 Å². The van der Waals surface area contributed by atoms with Crippen molar-refractivity contribution in [2.45, 2.75) is 57.1 Å². The minimum Gasteiger partial charge on any atom is -0.352 e. The van der Waals surface area contributed by atoms with E-state index in [1.807, 2.05) is 13.8 Å². The number of amides is 2. The van der Waals surface area contributed by atoms with E-state index in [1.165, 1.54) is 17.0 Å². The second-order valence-electron chi connectivity index (χ2n) is 9.26. The topological polar surface area (TPSA) is 86.8 Å². The van der Waals surface area contributed by atoms with Crippen molar-refractivity contribution in [1.82, 2.24) is 10.2 Å². The van der Waals surface area contributed by atoms with Crippen LogP contribution in [0.5, 0.6) is 0 Å². The number of nitrogens with one attached hydrogen (secondary N) is 1. The van der Waals surface area contributed by atoms with Gasteiger partial charge in [0, 0.05) is 32.7 Å². The van der Waals surface area contributed by atoms with Crippen molar-refractivity contribution in [1.29, 1.82) is 0 Å². The molecule has 3 rings (SSSR count). The van der Waals surface area contributed by atoms with E-state index in [2.05, 4.69) is 21.2 Å². The maximum absolute atomic E-state index is 14.1. The summed E-state index contributed by atoms with van der Waals surface area (Å²) in [7, 11) is -4.14. The van der Waals surface area contributed by atoms with Crippen molar-refractivity contribution in [2.24, 2.45) is 0 Å². The normalized spacial score (nSPS) is 12.8. The van der Waals surface area contributed by atoms with Crippen LogP contribution in [0.15, 0.2) is 82.2 Å². The van der Waals surface area contributed by atoms with Crippen molar-refractivity contribution in [2.75, 3.05) is 10.8 Å². The lowest BCUT2D eigenvalue weighted by Crippen LogP contribution is -2.53. The van der Waals surface area contributed by atoms with Gasteiger partial charge in [-0.15, -0.1) is 0 Å². The van der Waals surface area contributed by atoms with Crippen LogP contribution in [0, 0.1) is 0 Å². The largest absolute Gasteiger partial charge is 0.352 e. The molecule has 0 radical (unpaired) electrons. The first-order valence-corrected chi connectivity index (χ1v) is 15.8. The second-order valence-corrected chi connectivity index (χ2v) is 12.9. The molecule has 0 bridgehead atoms. The molecule has 0 spiro atoms. The van der Waals surface area contributed by atoms with Crippen LogP contribution in [0.4, 0.5) is 5.69 Å². The number of hydrogen-bond acceptors (Lipinski definition) is 4. The lowest BCUT2D eigenvalue weighted by Gasteiger charge is -2.34. The minimum absolute atomic E-state index is 0.0352. The highest BCUT2D eigenvalue weighted by molar-refractivity contribution is 9.10. The molecule has 0 aliphatic heterocycles. The standard InChI is InChI=1S/C29H32BrCl2N3O4S/c1-4-20(3)33-29(37)27(5-2)34(18-24-25(31)12-9-13-26(24)32)28(36)19-35(22-16-14-21(30)15-17-22)40(38,39)23-10-7-6-8-11-23/h6-17,20,27H,4-5,18-19H2,1-3H3,(H,33,37). The van der Waals surface area contributed by atoms with Crippen molar-refractivity contribution in [3.05, 3.63) is 92.9 Å². The Kier molecular flexibility index (Phi) is 11.5. The molecular formula is C29H32BrCl2N3O4S. The summed E-state index contributed by atoms with van der Waals surface area (Å²) in [5.41, 5.74) is 0.767. The van der Waals surface area contributed by atoms with Crippen molar-refractivity contribution < 1.29 is 18.0 Å². The lowest BCUT2D eigenvalue weighted by molar-refractivity contribution is -0.140. The average Bonchev–Trinajstić information content (AvgIpc) is 2.93. The minimum atomic E-state index is -4.14. The van der Waals surface area contributed by atoms with E-state index < -0.39 is 28.5 Å². The Morgan fingerprint density at radius 2 is 1.50 bits per heavy atom. The average molecular weight is 669 g/mol. The maximum atomic E-state index is 14.1. The monoisotopic (exact) mass is 667 g/mol. The summed E-state index contributed by atoms with van der Waals surface area (Å²) < 4.78 is 29.4. The fourth-order valence-electron chi connectivity index (χ4n) is 4.07. The number of nitrogens with zero attached hydrogens (tertiary/aromatic N) is 2. The van der Waals surface area contributed by atoms with Gasteiger partial charge in [-0.3, -0.25) is 13.9 Å². The summed E-state index contributed by atoms with van der Waals surface area (Å²) in [5.74, 6) is -0.918. The Labute approximate surface area is 254 Å². The van der Waals surface area contributed by atoms with E-state index >= 15 is 0 Å². The fourth-order valence-corrected chi connectivity index (χ4v) is 6.29. The fraction of sp³-hybridized carbons (Fsp3) is 0.310. The van der Waals surface area contributed by atoms with Gasteiger partial charge >= 0.3 is 0 Å². The predicted octanol–water partition coefficient (Wildman–Crippen LogP) is 6.67. The van der Waals surface area contributed by atoms with Crippen molar-refractivity contribution in [3.63, 3.8) is 0 Å². The van der Waals surface area contributed by atoms with E-state index in [9.17, 15) is 18.0 Å². The predicted molar refractivity (Wildman–Crippen MR) is 164 cm³/mol. The molecule has 0 aromatic heterocycles. The number of sulfonamides is 1. The van der Waals surface area contributed by atoms with E-state index in [4.69, 9.17) is 23.2 Å². The zero-order valence-corrected chi connectivity index (χ0v) is 26.4. The van der Waals surface area contributed by atoms with Gasteiger partial charge in [0.15, 0.2) is 0 Å². The molecular weight excluding hydrogens is 637 g/mol. The number of carbonyl (C=O) groups excluding carboxylic acids is 2. The van der Waals surface area contributed by atoms with Crippen LogP contribution in [-0.4, -0.2) is 43.8 Å². The van der Waals surface area contributed by atoms with Gasteiger partial charge in [0.1, 0.15) is 12.6 Å². The summed E-state index contributed by atoms with van der Waals surface area (Å²) in [5, 5.41) is 3.62. The van der Waals surface area contributed by atoms with Crippen molar-refractivity contribution >= 4 is 66.7 Å². The first-order valence-electron chi connectivity index (χ1n) is 12.9. The Bertz CT molecular complexity index is 1400. The number of hydrogen-bond donors (Lipinski definition) is 1. The molecule has 11 heteroatoms. The molecule has 3 aromatic rings. The number of anilines is 1. The molecule has 214 valence electrons. The number of halogens is 3. The van der Waals surface area contributed by atoms with Crippen molar-refractivity contribution in [3.8, 4) is 0 Å². The van der Waals surface area contributed by atoms with Gasteiger partial charge in [-0.1, -0.05) is 77.2 Å². The van der Waals surface area contributed by atoms with Gasteiger partial charge in [0.2, 0.25) is 11.8 Å². The van der Waals surface area contributed by atoms with E-state index in [-0.39, 0.29) is 23.4 Å². The van der Waals surface area contributed by atoms with E-state index in [0.717, 1.165) is 8.78 Å². The molecule has 0 saturated carbocycles. The Balaban J connectivity index is 2.08. The zero-order chi connectivity index (χ0) is 29.4. The second kappa shape index (κ2) is 14.3. The van der Waals surface area contributed by atoms with Gasteiger partial charge in [0.05, 0.1) is 10.6 Å². The molecule has 3 aromatic carbocycles. The molecule has 1 N–H and O–H groups in total. The van der Waals surface area contributed by atoms with Gasteiger partial charge in [-0.2, -0.15) is 0 Å². The summed E-state index contributed by atoms with van der Waals surface area (Å²) in [4.78, 5) is 28.8. The molecule has 0 saturated heterocycles. The number of rotatable bonds is 12. The molecule has 2 atom stereocenters. The van der Waals surface area contributed by atoms with Gasteiger partial charge < -0.3 is 10.2 Å². The third-order valence-corrected chi connectivity index (χ3v) is 9.53. The lowest BCUT2D eigenvalue weighted by atomic mass is 10.1. The first kappa shape index (κ1) is 31.9. The SMILES string of the molecule is CCC(C)NC(=O)C(CC)N(Cc1c(Cl)cccc1Cl)C(=O)CN(c1ccc(Br)cc1)S(=O)(=O)c1ccccc1. The van der Waals surface area contributed by atoms with Gasteiger partial charge in [0.25, 0.3) is 10.0 Å². The summed E-state index contributed by atoms with van der Waals surface area (Å²) in [6, 6.07) is 18.5.